The summed E-state index contributed by atoms with van der Waals surface area (Å²) in [4.78, 5) is 36.1. The Morgan fingerprint density at radius 2 is 1.75 bits per heavy atom. The monoisotopic (exact) mass is 438 g/mol. The van der Waals surface area contributed by atoms with Crippen LogP contribution in [0.3, 0.4) is 0 Å². The number of aryl methyl sites for hydroxylation is 1. The molecule has 0 fully saturated rings. The lowest BCUT2D eigenvalue weighted by molar-refractivity contribution is -0.145. The lowest BCUT2D eigenvalue weighted by atomic mass is 9.97. The van der Waals surface area contributed by atoms with Crippen LogP contribution in [-0.2, 0) is 16.0 Å². The van der Waals surface area contributed by atoms with Crippen LogP contribution in [0.1, 0.15) is 86.9 Å². The molecule has 1 aromatic heterocycles. The minimum Gasteiger partial charge on any atom is -0.478 e. The van der Waals surface area contributed by atoms with Gasteiger partial charge in [-0.1, -0.05) is 39.0 Å². The van der Waals surface area contributed by atoms with E-state index in [1.807, 2.05) is 6.07 Å². The van der Waals surface area contributed by atoms with Crippen molar-refractivity contribution in [2.24, 2.45) is 0 Å². The number of carboxylic acids is 1. The highest BCUT2D eigenvalue weighted by atomic mass is 16.5. The Labute approximate surface area is 187 Å². The second-order valence-corrected chi connectivity index (χ2v) is 8.27. The maximum atomic E-state index is 13.3. The number of carbonyl (C=O) groups is 2. The third-order valence-electron chi connectivity index (χ3n) is 5.73. The van der Waals surface area contributed by atoms with Crippen LogP contribution in [-0.4, -0.2) is 17.0 Å². The normalized spacial score (nSPS) is 12.2. The van der Waals surface area contributed by atoms with Gasteiger partial charge in [0.25, 0.3) is 0 Å². The van der Waals surface area contributed by atoms with Crippen LogP contribution in [0, 0.1) is 0 Å². The molecule has 0 amide bonds. The van der Waals surface area contributed by atoms with E-state index >= 15 is 0 Å². The topological polar surface area (TPSA) is 93.8 Å². The second kappa shape index (κ2) is 10.4. The first kappa shape index (κ1) is 23.5. The molecule has 1 unspecified atom stereocenters. The molecule has 3 rings (SSSR count). The third-order valence-corrected chi connectivity index (χ3v) is 5.73. The molecular formula is C26H30O6. The highest BCUT2D eigenvalue weighted by Crippen LogP contribution is 2.29. The Morgan fingerprint density at radius 3 is 2.44 bits per heavy atom. The first-order valence-electron chi connectivity index (χ1n) is 11.3. The zero-order valence-electron chi connectivity index (χ0n) is 18.9. The summed E-state index contributed by atoms with van der Waals surface area (Å²) in [6.07, 6.45) is 7.09. The summed E-state index contributed by atoms with van der Waals surface area (Å²) in [6.45, 7) is 5.31. The number of carboxylic acid groups (broad SMARTS) is 1. The fourth-order valence-electron chi connectivity index (χ4n) is 4.02. The molecule has 3 aromatic rings. The molecule has 0 aliphatic rings. The van der Waals surface area contributed by atoms with Crippen molar-refractivity contribution in [3.63, 3.8) is 0 Å². The number of hydrogen-bond donors (Lipinski definition) is 1. The van der Waals surface area contributed by atoms with Gasteiger partial charge < -0.3 is 14.3 Å². The smallest absolute Gasteiger partial charge is 0.335 e. The predicted octanol–water partition coefficient (Wildman–Crippen LogP) is 6.17. The Morgan fingerprint density at radius 1 is 1.03 bits per heavy atom. The molecule has 1 heterocycles. The fourth-order valence-corrected chi connectivity index (χ4v) is 4.02. The summed E-state index contributed by atoms with van der Waals surface area (Å²) in [5.41, 5.74) is 2.23. The van der Waals surface area contributed by atoms with E-state index in [-0.39, 0.29) is 16.4 Å². The number of unbranched alkanes of at least 4 members (excludes halogenated alkanes) is 5. The van der Waals surface area contributed by atoms with Crippen LogP contribution in [0.15, 0.2) is 39.5 Å². The quantitative estimate of drug-likeness (QED) is 0.231. The van der Waals surface area contributed by atoms with Crippen LogP contribution in [0.25, 0.3) is 21.9 Å². The third kappa shape index (κ3) is 5.36. The van der Waals surface area contributed by atoms with Gasteiger partial charge in [-0.3, -0.25) is 9.59 Å². The second-order valence-electron chi connectivity index (χ2n) is 8.27. The number of carbonyl (C=O) groups excluding carboxylic acids is 1. The summed E-state index contributed by atoms with van der Waals surface area (Å²) in [6, 6.07) is 7.95. The molecule has 0 saturated carbocycles. The van der Waals surface area contributed by atoms with Crippen molar-refractivity contribution in [1.82, 2.24) is 0 Å². The van der Waals surface area contributed by atoms with E-state index in [4.69, 9.17) is 9.15 Å². The first-order chi connectivity index (χ1) is 15.3. The van der Waals surface area contributed by atoms with Crippen molar-refractivity contribution in [2.45, 2.75) is 71.8 Å². The summed E-state index contributed by atoms with van der Waals surface area (Å²) in [5.74, 6) is -1.50. The van der Waals surface area contributed by atoms with Crippen molar-refractivity contribution in [3.8, 4) is 0 Å². The Bertz CT molecular complexity index is 1190. The maximum Gasteiger partial charge on any atom is 0.335 e. The van der Waals surface area contributed by atoms with Gasteiger partial charge in [0, 0.05) is 6.92 Å². The lowest BCUT2D eigenvalue weighted by Gasteiger charge is -2.15. The largest absolute Gasteiger partial charge is 0.478 e. The van der Waals surface area contributed by atoms with Crippen molar-refractivity contribution in [2.75, 3.05) is 0 Å². The minimum atomic E-state index is -1.10. The number of fused-ring (bicyclic) bond motifs is 2. The molecule has 0 saturated heterocycles. The van der Waals surface area contributed by atoms with E-state index in [2.05, 4.69) is 6.92 Å². The van der Waals surface area contributed by atoms with Gasteiger partial charge in [0.05, 0.1) is 16.3 Å². The van der Waals surface area contributed by atoms with Gasteiger partial charge in [0.2, 0.25) is 5.43 Å². The number of benzene rings is 2. The molecule has 0 radical (unpaired) electrons. The van der Waals surface area contributed by atoms with Crippen LogP contribution in [0.2, 0.25) is 0 Å². The summed E-state index contributed by atoms with van der Waals surface area (Å²) in [5, 5.41) is 9.88. The maximum absolute atomic E-state index is 13.3. The van der Waals surface area contributed by atoms with Gasteiger partial charge >= 0.3 is 11.9 Å². The molecule has 1 atom stereocenters. The summed E-state index contributed by atoms with van der Waals surface area (Å²) < 4.78 is 11.4. The lowest BCUT2D eigenvalue weighted by Crippen LogP contribution is -2.09. The minimum absolute atomic E-state index is 0.0286. The van der Waals surface area contributed by atoms with Gasteiger partial charge in [0.1, 0.15) is 17.3 Å². The first-order valence-corrected chi connectivity index (χ1v) is 11.3. The molecule has 2 aromatic carbocycles. The number of esters is 1. The number of hydrogen-bond acceptors (Lipinski definition) is 5. The zero-order valence-corrected chi connectivity index (χ0v) is 18.9. The van der Waals surface area contributed by atoms with Crippen LogP contribution >= 0.6 is 0 Å². The molecule has 0 bridgehead atoms. The average Bonchev–Trinajstić information content (AvgIpc) is 2.75. The van der Waals surface area contributed by atoms with Crippen LogP contribution < -0.4 is 5.43 Å². The van der Waals surface area contributed by atoms with E-state index < -0.39 is 18.0 Å². The highest BCUT2D eigenvalue weighted by molar-refractivity contribution is 5.96. The predicted molar refractivity (Wildman–Crippen MR) is 124 cm³/mol. The Kier molecular flexibility index (Phi) is 7.67. The van der Waals surface area contributed by atoms with Gasteiger partial charge in [0.15, 0.2) is 0 Å². The van der Waals surface area contributed by atoms with E-state index in [1.165, 1.54) is 50.8 Å². The molecule has 32 heavy (non-hydrogen) atoms. The van der Waals surface area contributed by atoms with E-state index in [0.29, 0.717) is 16.6 Å². The van der Waals surface area contributed by atoms with Gasteiger partial charge in [-0.05, 0) is 61.2 Å². The van der Waals surface area contributed by atoms with Gasteiger partial charge in [-0.15, -0.1) is 0 Å². The molecule has 6 heteroatoms. The van der Waals surface area contributed by atoms with Crippen molar-refractivity contribution >= 4 is 33.9 Å². The zero-order chi connectivity index (χ0) is 23.3. The average molecular weight is 439 g/mol. The molecule has 0 aliphatic heterocycles. The molecule has 0 spiro atoms. The van der Waals surface area contributed by atoms with Gasteiger partial charge in [-0.25, -0.2) is 4.79 Å². The molecule has 6 nitrogen and oxygen atoms in total. The van der Waals surface area contributed by atoms with Crippen molar-refractivity contribution in [3.05, 3.63) is 57.2 Å². The SMILES string of the molecule is CCCCCCCCc1cc(C(C)OC(C)=O)cc2c(=O)c3cc(C(=O)O)ccc3oc12. The number of rotatable bonds is 10. The van der Waals surface area contributed by atoms with Gasteiger partial charge in [-0.2, -0.15) is 0 Å². The fraction of sp³-hybridized carbons (Fsp3) is 0.423. The molecular weight excluding hydrogens is 408 g/mol. The van der Waals surface area contributed by atoms with E-state index in [9.17, 15) is 19.5 Å². The van der Waals surface area contributed by atoms with E-state index in [0.717, 1.165) is 30.4 Å². The number of aromatic carboxylic acids is 1. The van der Waals surface area contributed by atoms with Crippen molar-refractivity contribution in [1.29, 1.82) is 0 Å². The highest BCUT2D eigenvalue weighted by Gasteiger charge is 2.18. The Balaban J connectivity index is 2.08. The molecule has 1 N–H and O–H groups in total. The molecule has 170 valence electrons. The van der Waals surface area contributed by atoms with Crippen LogP contribution in [0.5, 0.6) is 0 Å². The standard InChI is InChI=1S/C26H30O6/c1-4-5-6-7-8-9-10-18-13-20(16(2)31-17(3)27)15-22-24(28)21-14-19(26(29)30)11-12-23(21)32-25(18)22/h11-16H,4-10H2,1-3H3,(H,29,30). The molecule has 0 aliphatic carbocycles. The Hall–Kier alpha value is -3.15. The number of ether oxygens (including phenoxy) is 1. The van der Waals surface area contributed by atoms with E-state index in [1.54, 1.807) is 13.0 Å². The summed E-state index contributed by atoms with van der Waals surface area (Å²) >= 11 is 0. The van der Waals surface area contributed by atoms with Crippen LogP contribution in [0.4, 0.5) is 0 Å². The summed E-state index contributed by atoms with van der Waals surface area (Å²) in [7, 11) is 0. The van der Waals surface area contributed by atoms with Crippen molar-refractivity contribution < 1.29 is 23.8 Å².